The molecule has 0 bridgehead atoms. The van der Waals surface area contributed by atoms with E-state index in [1.54, 1.807) is 14.2 Å². The summed E-state index contributed by atoms with van der Waals surface area (Å²) < 4.78 is 10.8. The second-order valence-electron chi connectivity index (χ2n) is 5.39. The molecule has 1 aliphatic rings. The van der Waals surface area contributed by atoms with Crippen LogP contribution in [-0.4, -0.2) is 45.3 Å². The maximum absolute atomic E-state index is 5.53. The number of ether oxygens (including phenoxy) is 2. The van der Waals surface area contributed by atoms with Gasteiger partial charge in [-0.25, -0.2) is 0 Å². The van der Waals surface area contributed by atoms with Crippen molar-refractivity contribution in [1.82, 2.24) is 10.2 Å². The van der Waals surface area contributed by atoms with Crippen LogP contribution >= 0.6 is 0 Å². The van der Waals surface area contributed by atoms with Crippen LogP contribution < -0.4 is 14.8 Å². The number of rotatable bonds is 8. The molecule has 1 aliphatic carbocycles. The van der Waals surface area contributed by atoms with Gasteiger partial charge in [-0.15, -0.1) is 0 Å². The maximum Gasteiger partial charge on any atom is 0.127 e. The van der Waals surface area contributed by atoms with Gasteiger partial charge in [-0.2, -0.15) is 0 Å². The molecule has 1 unspecified atom stereocenters. The van der Waals surface area contributed by atoms with E-state index < -0.39 is 0 Å². The zero-order valence-electron chi connectivity index (χ0n) is 13.0. The number of hydrogen-bond donors (Lipinski definition) is 1. The Morgan fingerprint density at radius 2 is 2.05 bits per heavy atom. The molecule has 1 fully saturated rings. The molecular formula is C16H26N2O2. The summed E-state index contributed by atoms with van der Waals surface area (Å²) in [5.74, 6) is 1.72. The lowest BCUT2D eigenvalue weighted by atomic mass is 10.0. The van der Waals surface area contributed by atoms with Gasteiger partial charge in [0, 0.05) is 30.3 Å². The molecule has 4 nitrogen and oxygen atoms in total. The Kier molecular flexibility index (Phi) is 5.26. The quantitative estimate of drug-likeness (QED) is 0.792. The molecule has 0 heterocycles. The third kappa shape index (κ3) is 3.64. The summed E-state index contributed by atoms with van der Waals surface area (Å²) in [6, 6.07) is 7.11. The first kappa shape index (κ1) is 15.1. The first-order valence-corrected chi connectivity index (χ1v) is 7.35. The number of nitrogens with one attached hydrogen (secondary N) is 1. The molecule has 1 aromatic rings. The predicted octanol–water partition coefficient (Wildman–Crippen LogP) is 2.45. The van der Waals surface area contributed by atoms with Crippen LogP contribution in [-0.2, 0) is 0 Å². The number of likely N-dealkylation sites (N-methyl/N-ethyl adjacent to an activating group) is 2. The highest BCUT2D eigenvalue weighted by atomic mass is 16.5. The van der Waals surface area contributed by atoms with Crippen molar-refractivity contribution >= 4 is 0 Å². The molecule has 0 amide bonds. The lowest BCUT2D eigenvalue weighted by molar-refractivity contribution is 0.278. The minimum Gasteiger partial charge on any atom is -0.497 e. The number of methoxy groups -OCH3 is 2. The van der Waals surface area contributed by atoms with E-state index in [-0.39, 0.29) is 6.04 Å². The van der Waals surface area contributed by atoms with E-state index in [0.717, 1.165) is 30.6 Å². The summed E-state index contributed by atoms with van der Waals surface area (Å²) in [5, 5.41) is 3.56. The van der Waals surface area contributed by atoms with Crippen LogP contribution in [0.25, 0.3) is 0 Å². The maximum atomic E-state index is 5.53. The monoisotopic (exact) mass is 278 g/mol. The fourth-order valence-corrected chi connectivity index (χ4v) is 2.58. The van der Waals surface area contributed by atoms with Crippen molar-refractivity contribution in [3.8, 4) is 11.5 Å². The van der Waals surface area contributed by atoms with Gasteiger partial charge in [0.05, 0.1) is 14.2 Å². The SMILES string of the molecule is CCNC(CN(C)C1CC1)c1ccc(OC)cc1OC. The Morgan fingerprint density at radius 3 is 2.60 bits per heavy atom. The van der Waals surface area contributed by atoms with Crippen molar-refractivity contribution in [2.75, 3.05) is 34.4 Å². The van der Waals surface area contributed by atoms with Crippen LogP contribution in [0.2, 0.25) is 0 Å². The van der Waals surface area contributed by atoms with E-state index >= 15 is 0 Å². The molecule has 1 saturated carbocycles. The fourth-order valence-electron chi connectivity index (χ4n) is 2.58. The van der Waals surface area contributed by atoms with Gasteiger partial charge in [-0.05, 0) is 32.5 Å². The molecule has 0 spiro atoms. The van der Waals surface area contributed by atoms with Gasteiger partial charge in [0.1, 0.15) is 11.5 Å². The normalized spacial score (nSPS) is 16.2. The van der Waals surface area contributed by atoms with E-state index in [4.69, 9.17) is 9.47 Å². The Hall–Kier alpha value is -1.26. The zero-order chi connectivity index (χ0) is 14.5. The Bertz CT molecular complexity index is 432. The third-order valence-electron chi connectivity index (χ3n) is 3.91. The number of hydrogen-bond acceptors (Lipinski definition) is 4. The number of nitrogens with zero attached hydrogens (tertiary/aromatic N) is 1. The molecule has 4 heteroatoms. The summed E-state index contributed by atoms with van der Waals surface area (Å²) in [4.78, 5) is 2.44. The fraction of sp³-hybridized carbons (Fsp3) is 0.625. The van der Waals surface area contributed by atoms with Crippen molar-refractivity contribution in [3.63, 3.8) is 0 Å². The smallest absolute Gasteiger partial charge is 0.127 e. The number of benzene rings is 1. The van der Waals surface area contributed by atoms with E-state index in [9.17, 15) is 0 Å². The van der Waals surface area contributed by atoms with Gasteiger partial charge in [-0.1, -0.05) is 13.0 Å². The van der Waals surface area contributed by atoms with Crippen LogP contribution in [0.1, 0.15) is 31.4 Å². The van der Waals surface area contributed by atoms with Crippen LogP contribution in [0.15, 0.2) is 18.2 Å². The van der Waals surface area contributed by atoms with E-state index in [1.807, 2.05) is 12.1 Å². The summed E-state index contributed by atoms with van der Waals surface area (Å²) >= 11 is 0. The first-order chi connectivity index (χ1) is 9.69. The molecule has 1 aromatic carbocycles. The average molecular weight is 278 g/mol. The zero-order valence-corrected chi connectivity index (χ0v) is 13.0. The van der Waals surface area contributed by atoms with Crippen LogP contribution in [0, 0.1) is 0 Å². The van der Waals surface area contributed by atoms with Crippen LogP contribution in [0.3, 0.4) is 0 Å². The Morgan fingerprint density at radius 1 is 1.30 bits per heavy atom. The standard InChI is InChI=1S/C16H26N2O2/c1-5-17-15(11-18(2)12-6-7-12)14-9-8-13(19-3)10-16(14)20-4/h8-10,12,15,17H,5-7,11H2,1-4H3. The summed E-state index contributed by atoms with van der Waals surface area (Å²) in [5.41, 5.74) is 1.20. The van der Waals surface area contributed by atoms with Crippen LogP contribution in [0.4, 0.5) is 0 Å². The van der Waals surface area contributed by atoms with Gasteiger partial charge in [-0.3, -0.25) is 0 Å². The van der Waals surface area contributed by atoms with Crippen molar-refractivity contribution in [1.29, 1.82) is 0 Å². The molecule has 0 aliphatic heterocycles. The molecule has 0 radical (unpaired) electrons. The topological polar surface area (TPSA) is 33.7 Å². The molecule has 1 N–H and O–H groups in total. The van der Waals surface area contributed by atoms with Crippen molar-refractivity contribution in [2.24, 2.45) is 0 Å². The van der Waals surface area contributed by atoms with Gasteiger partial charge in [0.25, 0.3) is 0 Å². The Labute approximate surface area is 122 Å². The molecule has 0 aromatic heterocycles. The van der Waals surface area contributed by atoms with E-state index in [1.165, 1.54) is 18.4 Å². The van der Waals surface area contributed by atoms with E-state index in [2.05, 4.69) is 30.3 Å². The van der Waals surface area contributed by atoms with Crippen molar-refractivity contribution < 1.29 is 9.47 Å². The predicted molar refractivity (Wildman–Crippen MR) is 81.6 cm³/mol. The van der Waals surface area contributed by atoms with Crippen molar-refractivity contribution in [3.05, 3.63) is 23.8 Å². The molecule has 1 atom stereocenters. The van der Waals surface area contributed by atoms with E-state index in [0.29, 0.717) is 0 Å². The summed E-state index contributed by atoms with van der Waals surface area (Å²) in [6.07, 6.45) is 2.66. The van der Waals surface area contributed by atoms with Gasteiger partial charge in [0.2, 0.25) is 0 Å². The van der Waals surface area contributed by atoms with Crippen molar-refractivity contribution in [2.45, 2.75) is 31.8 Å². The molecule has 20 heavy (non-hydrogen) atoms. The third-order valence-corrected chi connectivity index (χ3v) is 3.91. The minimum absolute atomic E-state index is 0.284. The van der Waals surface area contributed by atoms with Crippen LogP contribution in [0.5, 0.6) is 11.5 Å². The molecule has 112 valence electrons. The highest BCUT2D eigenvalue weighted by Crippen LogP contribution is 2.32. The molecule has 0 saturated heterocycles. The largest absolute Gasteiger partial charge is 0.497 e. The lowest BCUT2D eigenvalue weighted by Gasteiger charge is -2.26. The van der Waals surface area contributed by atoms with Gasteiger partial charge < -0.3 is 19.7 Å². The summed E-state index contributed by atoms with van der Waals surface area (Å²) in [7, 11) is 5.60. The second kappa shape index (κ2) is 6.95. The Balaban J connectivity index is 2.18. The lowest BCUT2D eigenvalue weighted by Crippen LogP contribution is -2.34. The highest BCUT2D eigenvalue weighted by molar-refractivity contribution is 5.42. The second-order valence-corrected chi connectivity index (χ2v) is 5.39. The summed E-state index contributed by atoms with van der Waals surface area (Å²) in [6.45, 7) is 4.08. The van der Waals surface area contributed by atoms with Gasteiger partial charge >= 0.3 is 0 Å². The minimum atomic E-state index is 0.284. The average Bonchev–Trinajstić information content (AvgIpc) is 3.30. The van der Waals surface area contributed by atoms with Gasteiger partial charge in [0.15, 0.2) is 0 Å². The molecular weight excluding hydrogens is 252 g/mol. The highest BCUT2D eigenvalue weighted by Gasteiger charge is 2.28. The first-order valence-electron chi connectivity index (χ1n) is 7.35. The molecule has 2 rings (SSSR count).